The largest absolute Gasteiger partial charge is 0.354 e. The first-order valence-corrected chi connectivity index (χ1v) is 12.1. The van der Waals surface area contributed by atoms with Crippen LogP contribution in [0, 0.1) is 20.8 Å². The van der Waals surface area contributed by atoms with Crippen LogP contribution < -0.4 is 5.32 Å². The van der Waals surface area contributed by atoms with Gasteiger partial charge in [-0.15, -0.1) is 0 Å². The zero-order valence-electron chi connectivity index (χ0n) is 20.8. The van der Waals surface area contributed by atoms with E-state index >= 15 is 0 Å². The molecule has 3 aromatic carbocycles. The number of nitrogens with zero attached hydrogens (tertiary/aromatic N) is 1. The van der Waals surface area contributed by atoms with E-state index in [2.05, 4.69) is 23.5 Å². The first-order chi connectivity index (χ1) is 16.4. The van der Waals surface area contributed by atoms with E-state index in [0.717, 1.165) is 34.2 Å². The van der Waals surface area contributed by atoms with Crippen LogP contribution in [0.25, 0.3) is 0 Å². The van der Waals surface area contributed by atoms with Gasteiger partial charge in [0.25, 0.3) is 0 Å². The molecule has 0 aliphatic carbocycles. The van der Waals surface area contributed by atoms with Gasteiger partial charge >= 0.3 is 0 Å². The number of amides is 2. The summed E-state index contributed by atoms with van der Waals surface area (Å²) in [4.78, 5) is 28.9. The van der Waals surface area contributed by atoms with Crippen molar-refractivity contribution in [3.63, 3.8) is 0 Å². The maximum Gasteiger partial charge on any atom is 0.243 e. The van der Waals surface area contributed by atoms with Crippen LogP contribution >= 0.6 is 0 Å². The highest BCUT2D eigenvalue weighted by molar-refractivity contribution is 5.89. The van der Waals surface area contributed by atoms with Gasteiger partial charge in [-0.05, 0) is 49.4 Å². The summed E-state index contributed by atoms with van der Waals surface area (Å²) in [6, 6.07) is 23.7. The predicted octanol–water partition coefficient (Wildman–Crippen LogP) is 5.32. The van der Waals surface area contributed by atoms with Gasteiger partial charge in [0.05, 0.1) is 6.42 Å². The second kappa shape index (κ2) is 12.2. The van der Waals surface area contributed by atoms with Crippen LogP contribution in [0.2, 0.25) is 0 Å². The molecule has 2 amide bonds. The summed E-state index contributed by atoms with van der Waals surface area (Å²) in [6.07, 6.45) is 1.59. The molecule has 0 bridgehead atoms. The van der Waals surface area contributed by atoms with Gasteiger partial charge in [-0.25, -0.2) is 0 Å². The lowest BCUT2D eigenvalue weighted by atomic mass is 9.99. The second-order valence-electron chi connectivity index (χ2n) is 9.11. The molecule has 34 heavy (non-hydrogen) atoms. The number of nitrogens with one attached hydrogen (secondary N) is 1. The molecule has 178 valence electrons. The van der Waals surface area contributed by atoms with Gasteiger partial charge in [0, 0.05) is 19.5 Å². The van der Waals surface area contributed by atoms with Crippen molar-refractivity contribution < 1.29 is 9.59 Å². The standard InChI is InChI=1S/C30H36N2O2/c1-5-17-31-30(34)28(19-25-9-7-6-8-10-25)32(21-26-15-12-22(2)13-16-26)29(33)20-27-18-23(3)11-14-24(27)4/h6-16,18,28H,5,17,19-21H2,1-4H3,(H,31,34)/t28-/m0/s1. The molecule has 1 N–H and O–H groups in total. The smallest absolute Gasteiger partial charge is 0.243 e. The first-order valence-electron chi connectivity index (χ1n) is 12.1. The van der Waals surface area contributed by atoms with Gasteiger partial charge in [0.1, 0.15) is 6.04 Å². The maximum atomic E-state index is 13.8. The fourth-order valence-electron chi connectivity index (χ4n) is 4.07. The Balaban J connectivity index is 1.97. The lowest BCUT2D eigenvalue weighted by Gasteiger charge is -2.32. The number of carbonyl (C=O) groups is 2. The molecule has 0 aliphatic heterocycles. The molecule has 1 atom stereocenters. The summed E-state index contributed by atoms with van der Waals surface area (Å²) in [5.74, 6) is -0.144. The molecular formula is C30H36N2O2. The fourth-order valence-corrected chi connectivity index (χ4v) is 4.07. The van der Waals surface area contributed by atoms with Gasteiger partial charge in [0.2, 0.25) is 11.8 Å². The molecule has 0 heterocycles. The number of benzene rings is 3. The van der Waals surface area contributed by atoms with Crippen molar-refractivity contribution in [3.05, 3.63) is 106 Å². The SMILES string of the molecule is CCCNC(=O)[C@H](Cc1ccccc1)N(Cc1ccc(C)cc1)C(=O)Cc1cc(C)ccc1C. The van der Waals surface area contributed by atoms with E-state index in [1.54, 1.807) is 4.90 Å². The Bertz CT molecular complexity index is 1090. The molecular weight excluding hydrogens is 420 g/mol. The van der Waals surface area contributed by atoms with E-state index in [-0.39, 0.29) is 18.2 Å². The van der Waals surface area contributed by atoms with Gasteiger partial charge in [-0.3, -0.25) is 9.59 Å². The van der Waals surface area contributed by atoms with Gasteiger partial charge < -0.3 is 10.2 Å². The van der Waals surface area contributed by atoms with Crippen LogP contribution in [-0.2, 0) is 29.0 Å². The minimum absolute atomic E-state index is 0.0399. The molecule has 0 aromatic heterocycles. The fraction of sp³-hybridized carbons (Fsp3) is 0.333. The zero-order valence-corrected chi connectivity index (χ0v) is 20.8. The minimum atomic E-state index is -0.590. The molecule has 0 radical (unpaired) electrons. The third-order valence-electron chi connectivity index (χ3n) is 6.14. The van der Waals surface area contributed by atoms with Crippen LogP contribution in [0.5, 0.6) is 0 Å². The Kier molecular flexibility index (Phi) is 9.03. The van der Waals surface area contributed by atoms with Crippen molar-refractivity contribution in [2.45, 2.75) is 59.5 Å². The highest BCUT2D eigenvalue weighted by Crippen LogP contribution is 2.19. The van der Waals surface area contributed by atoms with Gasteiger partial charge in [0.15, 0.2) is 0 Å². The first kappa shape index (κ1) is 25.2. The maximum absolute atomic E-state index is 13.8. The number of rotatable bonds is 10. The molecule has 0 saturated carbocycles. The molecule has 4 nitrogen and oxygen atoms in total. The molecule has 3 rings (SSSR count). The highest BCUT2D eigenvalue weighted by Gasteiger charge is 2.30. The average Bonchev–Trinajstić information content (AvgIpc) is 2.83. The number of hydrogen-bond acceptors (Lipinski definition) is 2. The monoisotopic (exact) mass is 456 g/mol. The Morgan fingerprint density at radius 3 is 2.21 bits per heavy atom. The van der Waals surface area contributed by atoms with Crippen LogP contribution in [0.1, 0.15) is 46.7 Å². The van der Waals surface area contributed by atoms with Crippen molar-refractivity contribution in [2.24, 2.45) is 0 Å². The Labute approximate surface area is 204 Å². The third kappa shape index (κ3) is 7.05. The van der Waals surface area contributed by atoms with Gasteiger partial charge in [-0.2, -0.15) is 0 Å². The van der Waals surface area contributed by atoms with Crippen molar-refractivity contribution in [3.8, 4) is 0 Å². The number of aryl methyl sites for hydroxylation is 3. The Hall–Kier alpha value is -3.40. The Morgan fingerprint density at radius 2 is 1.53 bits per heavy atom. The van der Waals surface area contributed by atoms with Crippen LogP contribution in [-0.4, -0.2) is 29.3 Å². The van der Waals surface area contributed by atoms with E-state index in [0.29, 0.717) is 19.5 Å². The van der Waals surface area contributed by atoms with Crippen LogP contribution in [0.15, 0.2) is 72.8 Å². The van der Waals surface area contributed by atoms with Crippen LogP contribution in [0.3, 0.4) is 0 Å². The number of carbonyl (C=O) groups excluding carboxylic acids is 2. The molecule has 3 aromatic rings. The zero-order chi connectivity index (χ0) is 24.5. The lowest BCUT2D eigenvalue weighted by molar-refractivity contribution is -0.140. The average molecular weight is 457 g/mol. The summed E-state index contributed by atoms with van der Waals surface area (Å²) in [6.45, 7) is 9.12. The van der Waals surface area contributed by atoms with E-state index in [9.17, 15) is 9.59 Å². The topological polar surface area (TPSA) is 49.4 Å². The van der Waals surface area contributed by atoms with Crippen LogP contribution in [0.4, 0.5) is 0 Å². The molecule has 0 unspecified atom stereocenters. The predicted molar refractivity (Wildman–Crippen MR) is 139 cm³/mol. The summed E-state index contributed by atoms with van der Waals surface area (Å²) >= 11 is 0. The highest BCUT2D eigenvalue weighted by atomic mass is 16.2. The van der Waals surface area contributed by atoms with E-state index in [1.807, 2.05) is 82.3 Å². The van der Waals surface area contributed by atoms with Crippen molar-refractivity contribution >= 4 is 11.8 Å². The van der Waals surface area contributed by atoms with E-state index in [1.165, 1.54) is 5.56 Å². The third-order valence-corrected chi connectivity index (χ3v) is 6.14. The van der Waals surface area contributed by atoms with E-state index < -0.39 is 6.04 Å². The Morgan fingerprint density at radius 1 is 0.853 bits per heavy atom. The van der Waals surface area contributed by atoms with Crippen molar-refractivity contribution in [2.75, 3.05) is 6.54 Å². The summed E-state index contributed by atoms with van der Waals surface area (Å²) in [7, 11) is 0. The molecule has 0 aliphatic rings. The normalized spacial score (nSPS) is 11.6. The van der Waals surface area contributed by atoms with Crippen molar-refractivity contribution in [1.29, 1.82) is 0 Å². The summed E-state index contributed by atoms with van der Waals surface area (Å²) in [5, 5.41) is 3.03. The number of hydrogen-bond donors (Lipinski definition) is 1. The second-order valence-corrected chi connectivity index (χ2v) is 9.11. The minimum Gasteiger partial charge on any atom is -0.354 e. The lowest BCUT2D eigenvalue weighted by Crippen LogP contribution is -2.51. The molecule has 4 heteroatoms. The van der Waals surface area contributed by atoms with Gasteiger partial charge in [-0.1, -0.05) is 90.8 Å². The summed E-state index contributed by atoms with van der Waals surface area (Å²) in [5.41, 5.74) is 6.43. The molecule has 0 fully saturated rings. The van der Waals surface area contributed by atoms with Crippen molar-refractivity contribution in [1.82, 2.24) is 10.2 Å². The summed E-state index contributed by atoms with van der Waals surface area (Å²) < 4.78 is 0. The van der Waals surface area contributed by atoms with E-state index in [4.69, 9.17) is 0 Å². The molecule has 0 saturated heterocycles. The quantitative estimate of drug-likeness (QED) is 0.449. The molecule has 0 spiro atoms.